The van der Waals surface area contributed by atoms with Crippen LogP contribution >= 0.6 is 11.6 Å². The third kappa shape index (κ3) is 4.48. The Morgan fingerprint density at radius 1 is 1.29 bits per heavy atom. The molecule has 1 aromatic heterocycles. The van der Waals surface area contributed by atoms with E-state index in [0.29, 0.717) is 34.0 Å². The van der Waals surface area contributed by atoms with E-state index in [-0.39, 0.29) is 23.8 Å². The topological polar surface area (TPSA) is 75.3 Å². The molecule has 0 aliphatic rings. The van der Waals surface area contributed by atoms with Gasteiger partial charge in [0.15, 0.2) is 6.10 Å². The number of rotatable bonds is 6. The van der Waals surface area contributed by atoms with E-state index in [1.165, 1.54) is 29.2 Å². The number of hydrogen-bond acceptors (Lipinski definition) is 4. The van der Waals surface area contributed by atoms with E-state index >= 15 is 0 Å². The number of aromatic nitrogens is 2. The van der Waals surface area contributed by atoms with Gasteiger partial charge in [0.2, 0.25) is 0 Å². The number of carbonyl (C=O) groups excluding carboxylic acids is 1. The largest absolute Gasteiger partial charge is 0.481 e. The molecular formula is C20H19ClFN3O3. The summed E-state index contributed by atoms with van der Waals surface area (Å²) in [6.45, 7) is 3.95. The zero-order chi connectivity index (χ0) is 20.3. The Kier molecular flexibility index (Phi) is 5.94. The molecule has 0 fully saturated rings. The monoisotopic (exact) mass is 403 g/mol. The summed E-state index contributed by atoms with van der Waals surface area (Å²) in [5.74, 6) is 0.0859. The van der Waals surface area contributed by atoms with Gasteiger partial charge in [-0.25, -0.2) is 9.37 Å². The average molecular weight is 404 g/mol. The highest BCUT2D eigenvalue weighted by molar-refractivity contribution is 6.31. The first-order chi connectivity index (χ1) is 13.4. The first kappa shape index (κ1) is 19.8. The molecule has 0 saturated carbocycles. The van der Waals surface area contributed by atoms with Crippen LogP contribution in [0.3, 0.4) is 0 Å². The fraction of sp³-hybridized carbons (Fsp3) is 0.250. The number of halogens is 2. The molecule has 0 unspecified atom stereocenters. The summed E-state index contributed by atoms with van der Waals surface area (Å²) in [6, 6.07) is 10.3. The Morgan fingerprint density at radius 2 is 2.00 bits per heavy atom. The van der Waals surface area contributed by atoms with Gasteiger partial charge in [0, 0.05) is 11.6 Å². The van der Waals surface area contributed by atoms with Gasteiger partial charge in [-0.05, 0) is 56.3 Å². The number of H-pyrrole nitrogens is 1. The van der Waals surface area contributed by atoms with Gasteiger partial charge in [-0.1, -0.05) is 11.6 Å². The maximum Gasteiger partial charge on any atom is 0.263 e. The van der Waals surface area contributed by atoms with Crippen LogP contribution in [0.15, 0.2) is 47.3 Å². The van der Waals surface area contributed by atoms with Gasteiger partial charge < -0.3 is 14.6 Å². The standard InChI is InChI=1S/C20H19ClFN3O3/c1-3-25(20(27)12(2)28-15-7-5-14(22)6-8-15)11-18-23-17-10-13(21)4-9-16(17)19(26)24-18/h4-10,12H,3,11H2,1-2H3,(H,23,24,26)/t12-/m1/s1. The Bertz CT molecular complexity index is 1050. The SMILES string of the molecule is CCN(Cc1nc2cc(Cl)ccc2c(=O)[nH]1)C(=O)[C@@H](C)Oc1ccc(F)cc1. The average Bonchev–Trinajstić information content (AvgIpc) is 2.67. The lowest BCUT2D eigenvalue weighted by molar-refractivity contribution is -0.138. The summed E-state index contributed by atoms with van der Waals surface area (Å²) < 4.78 is 18.6. The van der Waals surface area contributed by atoms with Crippen LogP contribution in [0.2, 0.25) is 5.02 Å². The molecular weight excluding hydrogens is 385 g/mol. The lowest BCUT2D eigenvalue weighted by Crippen LogP contribution is -2.40. The number of nitrogens with one attached hydrogen (secondary N) is 1. The number of benzene rings is 2. The molecule has 0 saturated heterocycles. The van der Waals surface area contributed by atoms with Crippen molar-refractivity contribution in [2.45, 2.75) is 26.5 Å². The van der Waals surface area contributed by atoms with Gasteiger partial charge in [-0.15, -0.1) is 0 Å². The summed E-state index contributed by atoms with van der Waals surface area (Å²) in [5, 5.41) is 0.900. The predicted octanol–water partition coefficient (Wildman–Crippen LogP) is 3.53. The van der Waals surface area contributed by atoms with Crippen molar-refractivity contribution in [3.8, 4) is 5.75 Å². The van der Waals surface area contributed by atoms with Crippen LogP contribution in [-0.2, 0) is 11.3 Å². The molecule has 3 rings (SSSR count). The number of aromatic amines is 1. The van der Waals surface area contributed by atoms with Crippen molar-refractivity contribution in [2.24, 2.45) is 0 Å². The predicted molar refractivity (Wildman–Crippen MR) is 105 cm³/mol. The number of hydrogen-bond donors (Lipinski definition) is 1. The maximum atomic E-state index is 13.0. The Balaban J connectivity index is 1.77. The molecule has 2 aromatic carbocycles. The Hall–Kier alpha value is -2.93. The molecule has 28 heavy (non-hydrogen) atoms. The number of carbonyl (C=O) groups is 1. The summed E-state index contributed by atoms with van der Waals surface area (Å²) >= 11 is 5.98. The fourth-order valence-corrected chi connectivity index (χ4v) is 2.95. The van der Waals surface area contributed by atoms with Crippen LogP contribution in [0.5, 0.6) is 5.75 Å². The summed E-state index contributed by atoms with van der Waals surface area (Å²) in [6.07, 6.45) is -0.785. The first-order valence-corrected chi connectivity index (χ1v) is 9.14. The highest BCUT2D eigenvalue weighted by Gasteiger charge is 2.22. The number of amides is 1. The Morgan fingerprint density at radius 3 is 2.68 bits per heavy atom. The van der Waals surface area contributed by atoms with Crippen molar-refractivity contribution >= 4 is 28.4 Å². The van der Waals surface area contributed by atoms with Crippen LogP contribution in [0.4, 0.5) is 4.39 Å². The second kappa shape index (κ2) is 8.39. The Labute approximate surface area is 165 Å². The highest BCUT2D eigenvalue weighted by Crippen LogP contribution is 2.16. The van der Waals surface area contributed by atoms with Crippen molar-refractivity contribution in [3.05, 3.63) is 69.5 Å². The van der Waals surface area contributed by atoms with Crippen LogP contribution < -0.4 is 10.3 Å². The fourth-order valence-electron chi connectivity index (χ4n) is 2.79. The van der Waals surface area contributed by atoms with Gasteiger partial charge in [-0.3, -0.25) is 9.59 Å². The minimum absolute atomic E-state index is 0.115. The molecule has 0 bridgehead atoms. The second-order valence-electron chi connectivity index (χ2n) is 6.24. The zero-order valence-corrected chi connectivity index (χ0v) is 16.2. The normalized spacial score (nSPS) is 12.0. The lowest BCUT2D eigenvalue weighted by Gasteiger charge is -2.24. The van der Waals surface area contributed by atoms with E-state index in [4.69, 9.17) is 16.3 Å². The summed E-state index contributed by atoms with van der Waals surface area (Å²) in [4.78, 5) is 33.6. The number of fused-ring (bicyclic) bond motifs is 1. The van der Waals surface area contributed by atoms with E-state index in [1.54, 1.807) is 25.1 Å². The van der Waals surface area contributed by atoms with Crippen LogP contribution in [0.25, 0.3) is 10.9 Å². The van der Waals surface area contributed by atoms with E-state index in [2.05, 4.69) is 9.97 Å². The number of likely N-dealkylation sites (N-methyl/N-ethyl adjacent to an activating group) is 1. The number of nitrogens with zero attached hydrogens (tertiary/aromatic N) is 2. The molecule has 3 aromatic rings. The van der Waals surface area contributed by atoms with E-state index in [1.807, 2.05) is 6.92 Å². The van der Waals surface area contributed by atoms with E-state index in [0.717, 1.165) is 0 Å². The van der Waals surface area contributed by atoms with Gasteiger partial charge >= 0.3 is 0 Å². The third-order valence-corrected chi connectivity index (χ3v) is 4.46. The van der Waals surface area contributed by atoms with Crippen molar-refractivity contribution in [3.63, 3.8) is 0 Å². The number of ether oxygens (including phenoxy) is 1. The summed E-state index contributed by atoms with van der Waals surface area (Å²) in [5.41, 5.74) is 0.168. The molecule has 8 heteroatoms. The van der Waals surface area contributed by atoms with Crippen molar-refractivity contribution in [2.75, 3.05) is 6.54 Å². The molecule has 6 nitrogen and oxygen atoms in total. The van der Waals surface area contributed by atoms with Gasteiger partial charge in [0.25, 0.3) is 11.5 Å². The molecule has 146 valence electrons. The third-order valence-electron chi connectivity index (χ3n) is 4.23. The van der Waals surface area contributed by atoms with E-state index in [9.17, 15) is 14.0 Å². The molecule has 0 aliphatic heterocycles. The van der Waals surface area contributed by atoms with Gasteiger partial charge in [-0.2, -0.15) is 0 Å². The molecule has 0 aliphatic carbocycles. The molecule has 1 N–H and O–H groups in total. The van der Waals surface area contributed by atoms with Gasteiger partial charge in [0.1, 0.15) is 17.4 Å². The molecule has 1 atom stereocenters. The minimum atomic E-state index is -0.785. The molecule has 1 amide bonds. The van der Waals surface area contributed by atoms with Crippen LogP contribution in [0.1, 0.15) is 19.7 Å². The lowest BCUT2D eigenvalue weighted by atomic mass is 10.2. The van der Waals surface area contributed by atoms with Gasteiger partial charge in [0.05, 0.1) is 17.4 Å². The molecule has 0 radical (unpaired) electrons. The van der Waals surface area contributed by atoms with Crippen LogP contribution in [0, 0.1) is 5.82 Å². The van der Waals surface area contributed by atoms with Crippen molar-refractivity contribution in [1.29, 1.82) is 0 Å². The second-order valence-corrected chi connectivity index (χ2v) is 6.68. The summed E-state index contributed by atoms with van der Waals surface area (Å²) in [7, 11) is 0. The first-order valence-electron chi connectivity index (χ1n) is 8.77. The zero-order valence-electron chi connectivity index (χ0n) is 15.4. The van der Waals surface area contributed by atoms with Crippen molar-refractivity contribution in [1.82, 2.24) is 14.9 Å². The van der Waals surface area contributed by atoms with E-state index < -0.39 is 6.10 Å². The van der Waals surface area contributed by atoms with Crippen LogP contribution in [-0.4, -0.2) is 33.4 Å². The maximum absolute atomic E-state index is 13.0. The van der Waals surface area contributed by atoms with Crippen molar-refractivity contribution < 1.29 is 13.9 Å². The molecule has 0 spiro atoms. The quantitative estimate of drug-likeness (QED) is 0.683. The smallest absolute Gasteiger partial charge is 0.263 e. The molecule has 1 heterocycles. The highest BCUT2D eigenvalue weighted by atomic mass is 35.5. The minimum Gasteiger partial charge on any atom is -0.481 e.